The Morgan fingerprint density at radius 1 is 1.35 bits per heavy atom. The lowest BCUT2D eigenvalue weighted by molar-refractivity contribution is -0.0134. The Balaban J connectivity index is 1.89. The highest BCUT2D eigenvalue weighted by molar-refractivity contribution is 5.24. The third kappa shape index (κ3) is 4.07. The highest BCUT2D eigenvalue weighted by Crippen LogP contribution is 2.32. The summed E-state index contributed by atoms with van der Waals surface area (Å²) in [6.45, 7) is 7.30. The smallest absolute Gasteiger partial charge is 0.0774 e. The lowest BCUT2D eigenvalue weighted by Gasteiger charge is -2.36. The first-order chi connectivity index (χ1) is 9.52. The average Bonchev–Trinajstić information content (AvgIpc) is 2.45. The molecule has 2 rings (SSSR count). The highest BCUT2D eigenvalue weighted by atomic mass is 16.3. The van der Waals surface area contributed by atoms with Gasteiger partial charge in [-0.05, 0) is 43.2 Å². The van der Waals surface area contributed by atoms with E-state index in [9.17, 15) is 5.11 Å². The van der Waals surface area contributed by atoms with E-state index in [1.807, 2.05) is 0 Å². The van der Waals surface area contributed by atoms with Crippen molar-refractivity contribution in [3.8, 4) is 0 Å². The van der Waals surface area contributed by atoms with E-state index in [-0.39, 0.29) is 0 Å². The van der Waals surface area contributed by atoms with Crippen LogP contribution >= 0.6 is 0 Å². The van der Waals surface area contributed by atoms with Crippen molar-refractivity contribution >= 4 is 0 Å². The van der Waals surface area contributed by atoms with E-state index in [0.717, 1.165) is 25.7 Å². The maximum atomic E-state index is 10.7. The van der Waals surface area contributed by atoms with Crippen LogP contribution in [0.3, 0.4) is 0 Å². The predicted octanol–water partition coefficient (Wildman–Crippen LogP) is 3.84. The molecular formula is C18H29NO. The van der Waals surface area contributed by atoms with Gasteiger partial charge in [0.2, 0.25) is 0 Å². The molecule has 112 valence electrons. The van der Waals surface area contributed by atoms with Gasteiger partial charge in [-0.3, -0.25) is 0 Å². The second kappa shape index (κ2) is 6.73. The first kappa shape index (κ1) is 15.5. The standard InChI is InChI=1S/C18H29NO/c1-4-16-7-9-17(10-8-16)15(3)19-13-18(20)11-5-6-14(2)12-18/h7-10,14-15,19-20H,4-6,11-13H2,1-3H3. The molecule has 3 atom stereocenters. The first-order valence-electron chi connectivity index (χ1n) is 8.07. The zero-order valence-corrected chi connectivity index (χ0v) is 13.2. The number of hydrogen-bond acceptors (Lipinski definition) is 2. The van der Waals surface area contributed by atoms with Crippen molar-refractivity contribution in [2.75, 3.05) is 6.54 Å². The van der Waals surface area contributed by atoms with Crippen LogP contribution in [0.4, 0.5) is 0 Å². The number of benzene rings is 1. The molecule has 0 heterocycles. The van der Waals surface area contributed by atoms with Crippen molar-refractivity contribution in [1.29, 1.82) is 0 Å². The van der Waals surface area contributed by atoms with Gasteiger partial charge in [-0.2, -0.15) is 0 Å². The molecule has 0 saturated heterocycles. The summed E-state index contributed by atoms with van der Waals surface area (Å²) in [5.74, 6) is 0.648. The maximum absolute atomic E-state index is 10.7. The van der Waals surface area contributed by atoms with Crippen LogP contribution in [0.1, 0.15) is 63.6 Å². The summed E-state index contributed by atoms with van der Waals surface area (Å²) in [6.07, 6.45) is 5.36. The fraction of sp³-hybridized carbons (Fsp3) is 0.667. The van der Waals surface area contributed by atoms with E-state index in [1.165, 1.54) is 17.5 Å². The molecule has 2 N–H and O–H groups in total. The van der Waals surface area contributed by atoms with E-state index in [1.54, 1.807) is 0 Å². The molecule has 2 nitrogen and oxygen atoms in total. The molecule has 0 amide bonds. The fourth-order valence-corrected chi connectivity index (χ4v) is 3.30. The van der Waals surface area contributed by atoms with Crippen LogP contribution in [-0.2, 0) is 6.42 Å². The van der Waals surface area contributed by atoms with Crippen LogP contribution in [-0.4, -0.2) is 17.3 Å². The Morgan fingerprint density at radius 3 is 2.65 bits per heavy atom. The zero-order valence-electron chi connectivity index (χ0n) is 13.2. The van der Waals surface area contributed by atoms with Crippen molar-refractivity contribution in [3.05, 3.63) is 35.4 Å². The number of hydrogen-bond donors (Lipinski definition) is 2. The molecule has 1 aliphatic carbocycles. The Kier molecular flexibility index (Phi) is 5.22. The molecule has 1 fully saturated rings. The Labute approximate surface area is 123 Å². The second-order valence-corrected chi connectivity index (χ2v) is 6.62. The van der Waals surface area contributed by atoms with Crippen molar-refractivity contribution in [1.82, 2.24) is 5.32 Å². The van der Waals surface area contributed by atoms with Gasteiger partial charge in [0.25, 0.3) is 0 Å². The van der Waals surface area contributed by atoms with Crippen LogP contribution in [0.25, 0.3) is 0 Å². The minimum absolute atomic E-state index is 0.294. The summed E-state index contributed by atoms with van der Waals surface area (Å²) in [5, 5.41) is 14.2. The van der Waals surface area contributed by atoms with Crippen LogP contribution < -0.4 is 5.32 Å². The molecule has 20 heavy (non-hydrogen) atoms. The summed E-state index contributed by atoms with van der Waals surface area (Å²) in [7, 11) is 0. The van der Waals surface area contributed by atoms with E-state index in [0.29, 0.717) is 18.5 Å². The van der Waals surface area contributed by atoms with E-state index < -0.39 is 5.60 Å². The molecule has 3 unspecified atom stereocenters. The molecule has 0 bridgehead atoms. The Hall–Kier alpha value is -0.860. The van der Waals surface area contributed by atoms with Gasteiger partial charge in [0.05, 0.1) is 5.60 Å². The monoisotopic (exact) mass is 275 g/mol. The molecule has 2 heteroatoms. The molecule has 1 aromatic carbocycles. The van der Waals surface area contributed by atoms with Crippen molar-refractivity contribution in [3.63, 3.8) is 0 Å². The fourth-order valence-electron chi connectivity index (χ4n) is 3.30. The number of nitrogens with one attached hydrogen (secondary N) is 1. The summed E-state index contributed by atoms with van der Waals surface area (Å²) in [5.41, 5.74) is 2.17. The predicted molar refractivity (Wildman–Crippen MR) is 84.8 cm³/mol. The summed E-state index contributed by atoms with van der Waals surface area (Å²) < 4.78 is 0. The highest BCUT2D eigenvalue weighted by Gasteiger charge is 2.32. The summed E-state index contributed by atoms with van der Waals surface area (Å²) >= 11 is 0. The topological polar surface area (TPSA) is 32.3 Å². The molecular weight excluding hydrogens is 246 g/mol. The molecule has 1 aromatic rings. The molecule has 1 saturated carbocycles. The third-order valence-corrected chi connectivity index (χ3v) is 4.69. The lowest BCUT2D eigenvalue weighted by atomic mass is 9.79. The van der Waals surface area contributed by atoms with Crippen LogP contribution in [0, 0.1) is 5.92 Å². The number of rotatable bonds is 5. The summed E-state index contributed by atoms with van der Waals surface area (Å²) in [6, 6.07) is 9.09. The van der Waals surface area contributed by atoms with E-state index in [4.69, 9.17) is 0 Å². The normalized spacial score (nSPS) is 28.3. The maximum Gasteiger partial charge on any atom is 0.0774 e. The number of aryl methyl sites for hydroxylation is 1. The Bertz CT molecular complexity index is 414. The van der Waals surface area contributed by atoms with Crippen LogP contribution in [0.2, 0.25) is 0 Å². The third-order valence-electron chi connectivity index (χ3n) is 4.69. The first-order valence-corrected chi connectivity index (χ1v) is 8.07. The van der Waals surface area contributed by atoms with Gasteiger partial charge < -0.3 is 10.4 Å². The van der Waals surface area contributed by atoms with Gasteiger partial charge >= 0.3 is 0 Å². The molecule has 0 aliphatic heterocycles. The minimum Gasteiger partial charge on any atom is -0.389 e. The van der Waals surface area contributed by atoms with Gasteiger partial charge in [0.15, 0.2) is 0 Å². The van der Waals surface area contributed by atoms with Gasteiger partial charge in [0, 0.05) is 12.6 Å². The second-order valence-electron chi connectivity index (χ2n) is 6.62. The van der Waals surface area contributed by atoms with E-state index in [2.05, 4.69) is 50.4 Å². The SMILES string of the molecule is CCc1ccc(C(C)NCC2(O)CCCC(C)C2)cc1. The van der Waals surface area contributed by atoms with Crippen LogP contribution in [0.15, 0.2) is 24.3 Å². The van der Waals surface area contributed by atoms with Gasteiger partial charge in [-0.25, -0.2) is 0 Å². The molecule has 0 spiro atoms. The van der Waals surface area contributed by atoms with Crippen molar-refractivity contribution < 1.29 is 5.11 Å². The van der Waals surface area contributed by atoms with Gasteiger partial charge in [0.1, 0.15) is 0 Å². The van der Waals surface area contributed by atoms with Crippen molar-refractivity contribution in [2.45, 2.75) is 64.5 Å². The van der Waals surface area contributed by atoms with Crippen molar-refractivity contribution in [2.24, 2.45) is 5.92 Å². The molecule has 0 aromatic heterocycles. The Morgan fingerprint density at radius 2 is 2.05 bits per heavy atom. The lowest BCUT2D eigenvalue weighted by Crippen LogP contribution is -2.44. The van der Waals surface area contributed by atoms with Crippen LogP contribution in [0.5, 0.6) is 0 Å². The molecule has 0 radical (unpaired) electrons. The minimum atomic E-state index is -0.505. The largest absolute Gasteiger partial charge is 0.389 e. The number of aliphatic hydroxyl groups is 1. The van der Waals surface area contributed by atoms with Gasteiger partial charge in [-0.1, -0.05) is 51.0 Å². The summed E-state index contributed by atoms with van der Waals surface area (Å²) in [4.78, 5) is 0. The zero-order chi connectivity index (χ0) is 14.6. The van der Waals surface area contributed by atoms with E-state index >= 15 is 0 Å². The average molecular weight is 275 g/mol. The van der Waals surface area contributed by atoms with Gasteiger partial charge in [-0.15, -0.1) is 0 Å². The molecule has 1 aliphatic rings. The quantitative estimate of drug-likeness (QED) is 0.855.